The van der Waals surface area contributed by atoms with Gasteiger partial charge in [-0.1, -0.05) is 47.5 Å². The third kappa shape index (κ3) is 7.22. The molecule has 0 bridgehead atoms. The Morgan fingerprint density at radius 1 is 1.00 bits per heavy atom. The summed E-state index contributed by atoms with van der Waals surface area (Å²) in [4.78, 5) is 24.6. The van der Waals surface area contributed by atoms with Crippen molar-refractivity contribution in [3.8, 4) is 11.8 Å². The summed E-state index contributed by atoms with van der Waals surface area (Å²) in [5.74, 6) is -0.457. The molecule has 0 saturated carbocycles. The van der Waals surface area contributed by atoms with Crippen molar-refractivity contribution in [3.63, 3.8) is 0 Å². The number of carbonyl (C=O) groups is 2. The molecule has 3 aromatic carbocycles. The first-order chi connectivity index (χ1) is 15.9. The van der Waals surface area contributed by atoms with Crippen LogP contribution in [0.15, 0.2) is 72.3 Å². The first-order valence-electron chi connectivity index (χ1n) is 9.51. The molecule has 0 heterocycles. The van der Waals surface area contributed by atoms with Crippen LogP contribution in [0.1, 0.15) is 5.56 Å². The molecule has 0 saturated heterocycles. The van der Waals surface area contributed by atoms with Crippen molar-refractivity contribution in [2.45, 2.75) is 0 Å². The lowest BCUT2D eigenvalue weighted by Crippen LogP contribution is -2.20. The van der Waals surface area contributed by atoms with Gasteiger partial charge in [-0.05, 0) is 76.7 Å². The Morgan fingerprint density at radius 3 is 2.42 bits per heavy atom. The van der Waals surface area contributed by atoms with Gasteiger partial charge in [0.1, 0.15) is 17.4 Å². The van der Waals surface area contributed by atoms with Crippen LogP contribution in [0.4, 0.5) is 11.4 Å². The normalized spacial score (nSPS) is 10.8. The summed E-state index contributed by atoms with van der Waals surface area (Å²) in [5, 5.41) is 15.6. The van der Waals surface area contributed by atoms with Gasteiger partial charge in [0.05, 0.1) is 16.4 Å². The molecule has 0 unspecified atom stereocenters. The van der Waals surface area contributed by atoms with E-state index in [1.807, 2.05) is 18.2 Å². The zero-order chi connectivity index (χ0) is 23.8. The Hall–Kier alpha value is -3.06. The molecule has 2 N–H and O–H groups in total. The topological polar surface area (TPSA) is 91.2 Å². The first kappa shape index (κ1) is 24.6. The molecule has 33 heavy (non-hydrogen) atoms. The SMILES string of the molecule is N#C/C(=C/c1ccc(OCC(=O)Nc2cc(Cl)ccc2Cl)cc1)C(=O)Nc1ccccc1I. The molecule has 0 fully saturated rings. The summed E-state index contributed by atoms with van der Waals surface area (Å²) < 4.78 is 6.35. The van der Waals surface area contributed by atoms with E-state index in [1.54, 1.807) is 54.6 Å². The van der Waals surface area contributed by atoms with Gasteiger partial charge >= 0.3 is 0 Å². The number of ether oxygens (including phenoxy) is 1. The molecule has 0 aliphatic carbocycles. The van der Waals surface area contributed by atoms with E-state index in [0.717, 1.165) is 3.57 Å². The van der Waals surface area contributed by atoms with Gasteiger partial charge in [-0.3, -0.25) is 9.59 Å². The molecule has 0 atom stereocenters. The fourth-order valence-corrected chi connectivity index (χ4v) is 3.52. The van der Waals surface area contributed by atoms with Gasteiger partial charge in [-0.15, -0.1) is 0 Å². The summed E-state index contributed by atoms with van der Waals surface area (Å²) in [6.45, 7) is -0.237. The van der Waals surface area contributed by atoms with Crippen LogP contribution in [-0.4, -0.2) is 18.4 Å². The largest absolute Gasteiger partial charge is 0.484 e. The maximum atomic E-state index is 12.4. The monoisotopic (exact) mass is 591 g/mol. The minimum Gasteiger partial charge on any atom is -0.484 e. The number of nitrogens with zero attached hydrogens (tertiary/aromatic N) is 1. The molecule has 0 aromatic heterocycles. The molecule has 2 amide bonds. The predicted molar refractivity (Wildman–Crippen MR) is 138 cm³/mol. The van der Waals surface area contributed by atoms with Gasteiger partial charge in [0, 0.05) is 8.59 Å². The van der Waals surface area contributed by atoms with Crippen molar-refractivity contribution in [1.29, 1.82) is 5.26 Å². The highest BCUT2D eigenvalue weighted by Crippen LogP contribution is 2.25. The van der Waals surface area contributed by atoms with E-state index in [4.69, 9.17) is 27.9 Å². The van der Waals surface area contributed by atoms with Crippen molar-refractivity contribution < 1.29 is 14.3 Å². The third-order valence-corrected chi connectivity index (χ3v) is 5.76. The van der Waals surface area contributed by atoms with Crippen LogP contribution in [0.5, 0.6) is 5.75 Å². The van der Waals surface area contributed by atoms with E-state index in [-0.39, 0.29) is 12.2 Å². The average molecular weight is 592 g/mol. The van der Waals surface area contributed by atoms with Crippen molar-refractivity contribution in [2.75, 3.05) is 17.2 Å². The van der Waals surface area contributed by atoms with E-state index >= 15 is 0 Å². The van der Waals surface area contributed by atoms with Crippen LogP contribution in [0, 0.1) is 14.9 Å². The number of amides is 2. The van der Waals surface area contributed by atoms with Crippen LogP contribution < -0.4 is 15.4 Å². The highest BCUT2D eigenvalue weighted by molar-refractivity contribution is 14.1. The van der Waals surface area contributed by atoms with Crippen molar-refractivity contribution in [2.24, 2.45) is 0 Å². The maximum absolute atomic E-state index is 12.4. The number of nitrogens with one attached hydrogen (secondary N) is 2. The fraction of sp³-hybridized carbons (Fsp3) is 0.0417. The van der Waals surface area contributed by atoms with Gasteiger partial charge < -0.3 is 15.4 Å². The molecule has 0 radical (unpaired) electrons. The number of hydrogen-bond acceptors (Lipinski definition) is 4. The third-order valence-electron chi connectivity index (χ3n) is 4.25. The smallest absolute Gasteiger partial charge is 0.266 e. The van der Waals surface area contributed by atoms with Gasteiger partial charge in [-0.2, -0.15) is 5.26 Å². The number of halogens is 3. The van der Waals surface area contributed by atoms with Crippen molar-refractivity contribution in [1.82, 2.24) is 0 Å². The van der Waals surface area contributed by atoms with Gasteiger partial charge in [0.15, 0.2) is 6.61 Å². The van der Waals surface area contributed by atoms with Crippen molar-refractivity contribution in [3.05, 3.63) is 91.5 Å². The number of nitriles is 1. The molecular formula is C24H16Cl2IN3O3. The van der Waals surface area contributed by atoms with E-state index in [2.05, 4.69) is 33.2 Å². The second kappa shape index (κ2) is 11.7. The van der Waals surface area contributed by atoms with Gasteiger partial charge in [0.2, 0.25) is 0 Å². The maximum Gasteiger partial charge on any atom is 0.266 e. The van der Waals surface area contributed by atoms with Crippen LogP contribution in [0.3, 0.4) is 0 Å². The summed E-state index contributed by atoms with van der Waals surface area (Å²) in [7, 11) is 0. The molecule has 0 aliphatic heterocycles. The van der Waals surface area contributed by atoms with Crippen LogP contribution >= 0.6 is 45.8 Å². The molecule has 0 aliphatic rings. The van der Waals surface area contributed by atoms with Crippen LogP contribution in [-0.2, 0) is 9.59 Å². The lowest BCUT2D eigenvalue weighted by atomic mass is 10.1. The summed E-state index contributed by atoms with van der Waals surface area (Å²) in [6.07, 6.45) is 1.47. The minimum atomic E-state index is -0.502. The van der Waals surface area contributed by atoms with E-state index in [0.29, 0.717) is 32.7 Å². The highest BCUT2D eigenvalue weighted by atomic mass is 127. The fourth-order valence-electron chi connectivity index (χ4n) is 2.66. The Balaban J connectivity index is 1.59. The second-order valence-electron chi connectivity index (χ2n) is 6.63. The lowest BCUT2D eigenvalue weighted by Gasteiger charge is -2.09. The predicted octanol–water partition coefficient (Wildman–Crippen LogP) is 6.16. The molecule has 3 rings (SSSR count). The average Bonchev–Trinajstić information content (AvgIpc) is 2.80. The number of anilines is 2. The Labute approximate surface area is 214 Å². The zero-order valence-corrected chi connectivity index (χ0v) is 20.6. The molecule has 166 valence electrons. The Morgan fingerprint density at radius 2 is 1.73 bits per heavy atom. The van der Waals surface area contributed by atoms with E-state index < -0.39 is 11.8 Å². The van der Waals surface area contributed by atoms with Gasteiger partial charge in [0.25, 0.3) is 11.8 Å². The molecule has 0 spiro atoms. The Kier molecular flexibility index (Phi) is 8.72. The summed E-state index contributed by atoms with van der Waals surface area (Å²) >= 11 is 14.0. The number of carbonyl (C=O) groups excluding carboxylic acids is 2. The van der Waals surface area contributed by atoms with Crippen molar-refractivity contribution >= 4 is 75.1 Å². The number of benzene rings is 3. The quantitative estimate of drug-likeness (QED) is 0.195. The summed E-state index contributed by atoms with van der Waals surface area (Å²) in [6, 6.07) is 20.6. The number of hydrogen-bond donors (Lipinski definition) is 2. The second-order valence-corrected chi connectivity index (χ2v) is 8.64. The number of para-hydroxylation sites is 1. The molecular weight excluding hydrogens is 576 g/mol. The van der Waals surface area contributed by atoms with E-state index in [1.165, 1.54) is 6.08 Å². The minimum absolute atomic E-state index is 0.0406. The highest BCUT2D eigenvalue weighted by Gasteiger charge is 2.11. The first-order valence-corrected chi connectivity index (χ1v) is 11.3. The molecule has 6 nitrogen and oxygen atoms in total. The van der Waals surface area contributed by atoms with Crippen LogP contribution in [0.25, 0.3) is 6.08 Å². The summed E-state index contributed by atoms with van der Waals surface area (Å²) in [5.41, 5.74) is 1.61. The van der Waals surface area contributed by atoms with Crippen LogP contribution in [0.2, 0.25) is 10.0 Å². The Bertz CT molecular complexity index is 1250. The molecule has 9 heteroatoms. The number of rotatable bonds is 7. The molecule has 3 aromatic rings. The van der Waals surface area contributed by atoms with Gasteiger partial charge in [-0.25, -0.2) is 0 Å². The lowest BCUT2D eigenvalue weighted by molar-refractivity contribution is -0.118. The standard InChI is InChI=1S/C24H16Cl2IN3O3/c25-17-7-10-19(26)22(12-17)29-23(31)14-33-18-8-5-15(6-9-18)11-16(13-28)24(32)30-21-4-2-1-3-20(21)27/h1-12H,14H2,(H,29,31)(H,30,32)/b16-11-. The van der Waals surface area contributed by atoms with E-state index in [9.17, 15) is 14.9 Å². The zero-order valence-electron chi connectivity index (χ0n) is 16.9.